The first-order chi connectivity index (χ1) is 8.66. The van der Waals surface area contributed by atoms with Gasteiger partial charge in [-0.15, -0.1) is 0 Å². The van der Waals surface area contributed by atoms with Crippen LogP contribution in [0.1, 0.15) is 13.8 Å². The van der Waals surface area contributed by atoms with Gasteiger partial charge in [0.15, 0.2) is 0 Å². The van der Waals surface area contributed by atoms with E-state index in [4.69, 9.17) is 4.74 Å². The molecule has 1 N–H and O–H groups in total. The van der Waals surface area contributed by atoms with E-state index >= 15 is 0 Å². The Labute approximate surface area is 108 Å². The van der Waals surface area contributed by atoms with E-state index < -0.39 is 0 Å². The minimum atomic E-state index is -0.196. The Hall–Kier alpha value is -1.29. The summed E-state index contributed by atoms with van der Waals surface area (Å²) in [5.74, 6) is 0.860. The molecule has 0 bridgehead atoms. The maximum absolute atomic E-state index is 14.0. The predicted octanol–water partition coefficient (Wildman–Crippen LogP) is 2.27. The molecule has 1 aromatic carbocycles. The fourth-order valence-electron chi connectivity index (χ4n) is 2.00. The van der Waals surface area contributed by atoms with Gasteiger partial charge in [-0.05, 0) is 18.1 Å². The molecule has 1 saturated heterocycles. The fraction of sp³-hybridized carbons (Fsp3) is 0.571. The van der Waals surface area contributed by atoms with Crippen molar-refractivity contribution < 1.29 is 9.13 Å². The van der Waals surface area contributed by atoms with Gasteiger partial charge in [-0.2, -0.15) is 0 Å². The van der Waals surface area contributed by atoms with Gasteiger partial charge >= 0.3 is 0 Å². The molecule has 0 saturated carbocycles. The first-order valence-electron chi connectivity index (χ1n) is 6.55. The average Bonchev–Trinajstić information content (AvgIpc) is 2.37. The SMILES string of the molecule is CC(C)COc1ccc(N2CCNCC2)c(F)c1. The summed E-state index contributed by atoms with van der Waals surface area (Å²) in [5.41, 5.74) is 0.674. The molecule has 1 aliphatic rings. The molecule has 0 amide bonds. The van der Waals surface area contributed by atoms with Crippen molar-refractivity contribution in [2.45, 2.75) is 13.8 Å². The average molecular weight is 252 g/mol. The van der Waals surface area contributed by atoms with Crippen molar-refractivity contribution in [3.8, 4) is 5.75 Å². The normalized spacial score (nSPS) is 16.1. The highest BCUT2D eigenvalue weighted by Crippen LogP contribution is 2.24. The summed E-state index contributed by atoms with van der Waals surface area (Å²) < 4.78 is 19.5. The van der Waals surface area contributed by atoms with Gasteiger partial charge < -0.3 is 15.0 Å². The number of hydrogen-bond donors (Lipinski definition) is 1. The van der Waals surface area contributed by atoms with Crippen LogP contribution in [0, 0.1) is 11.7 Å². The van der Waals surface area contributed by atoms with Crippen LogP contribution in [-0.2, 0) is 0 Å². The van der Waals surface area contributed by atoms with Crippen molar-refractivity contribution in [1.82, 2.24) is 5.32 Å². The van der Waals surface area contributed by atoms with Gasteiger partial charge in [-0.1, -0.05) is 13.8 Å². The molecule has 0 atom stereocenters. The molecule has 1 fully saturated rings. The molecule has 1 aromatic rings. The van der Waals surface area contributed by atoms with Gasteiger partial charge in [0.2, 0.25) is 0 Å². The topological polar surface area (TPSA) is 24.5 Å². The Morgan fingerprint density at radius 2 is 2.06 bits per heavy atom. The molecule has 3 nitrogen and oxygen atoms in total. The molecule has 18 heavy (non-hydrogen) atoms. The number of anilines is 1. The standard InChI is InChI=1S/C14H21FN2O/c1-11(2)10-18-12-3-4-14(13(15)9-12)17-7-5-16-6-8-17/h3-4,9,11,16H,5-8,10H2,1-2H3. The van der Waals surface area contributed by atoms with Crippen molar-refractivity contribution in [2.75, 3.05) is 37.7 Å². The largest absolute Gasteiger partial charge is 0.493 e. The molecule has 1 heterocycles. The molecule has 2 rings (SSSR count). The van der Waals surface area contributed by atoms with Gasteiger partial charge in [0.25, 0.3) is 0 Å². The van der Waals surface area contributed by atoms with E-state index in [1.54, 1.807) is 0 Å². The van der Waals surface area contributed by atoms with Crippen LogP contribution in [-0.4, -0.2) is 32.8 Å². The number of hydrogen-bond acceptors (Lipinski definition) is 3. The summed E-state index contributed by atoms with van der Waals surface area (Å²) in [6.45, 7) is 8.28. The maximum atomic E-state index is 14.0. The van der Waals surface area contributed by atoms with E-state index in [2.05, 4.69) is 24.1 Å². The second-order valence-electron chi connectivity index (χ2n) is 5.06. The van der Waals surface area contributed by atoms with E-state index in [9.17, 15) is 4.39 Å². The molecular formula is C14H21FN2O. The van der Waals surface area contributed by atoms with E-state index in [1.165, 1.54) is 6.07 Å². The van der Waals surface area contributed by atoms with Gasteiger partial charge in [0.05, 0.1) is 12.3 Å². The van der Waals surface area contributed by atoms with Crippen LogP contribution >= 0.6 is 0 Å². The first kappa shape index (κ1) is 13.1. The third-order valence-electron chi connectivity index (χ3n) is 2.96. The predicted molar refractivity (Wildman–Crippen MR) is 71.8 cm³/mol. The summed E-state index contributed by atoms with van der Waals surface area (Å²) in [5, 5.41) is 3.26. The number of halogens is 1. The number of rotatable bonds is 4. The first-order valence-corrected chi connectivity index (χ1v) is 6.55. The van der Waals surface area contributed by atoms with E-state index in [1.807, 2.05) is 12.1 Å². The summed E-state index contributed by atoms with van der Waals surface area (Å²) in [6, 6.07) is 5.15. The van der Waals surface area contributed by atoms with Crippen molar-refractivity contribution in [3.05, 3.63) is 24.0 Å². The Morgan fingerprint density at radius 1 is 1.33 bits per heavy atom. The lowest BCUT2D eigenvalue weighted by Crippen LogP contribution is -2.43. The quantitative estimate of drug-likeness (QED) is 0.889. The summed E-state index contributed by atoms with van der Waals surface area (Å²) >= 11 is 0. The van der Waals surface area contributed by atoms with Crippen molar-refractivity contribution >= 4 is 5.69 Å². The van der Waals surface area contributed by atoms with Crippen molar-refractivity contribution in [1.29, 1.82) is 0 Å². The van der Waals surface area contributed by atoms with Gasteiger partial charge in [-0.3, -0.25) is 0 Å². The van der Waals surface area contributed by atoms with E-state index in [0.717, 1.165) is 26.2 Å². The molecule has 0 aliphatic carbocycles. The molecule has 100 valence electrons. The summed E-state index contributed by atoms with van der Waals surface area (Å²) in [4.78, 5) is 2.07. The molecule has 0 unspecified atom stereocenters. The van der Waals surface area contributed by atoms with Crippen LogP contribution in [0.4, 0.5) is 10.1 Å². The Morgan fingerprint density at radius 3 is 2.67 bits per heavy atom. The van der Waals surface area contributed by atoms with Crippen molar-refractivity contribution in [2.24, 2.45) is 5.92 Å². The third-order valence-corrected chi connectivity index (χ3v) is 2.96. The van der Waals surface area contributed by atoms with Crippen LogP contribution in [0.2, 0.25) is 0 Å². The van der Waals surface area contributed by atoms with Crippen molar-refractivity contribution in [3.63, 3.8) is 0 Å². The molecule has 0 radical (unpaired) electrons. The van der Waals surface area contributed by atoms with E-state index in [0.29, 0.717) is 24.0 Å². The molecule has 4 heteroatoms. The number of benzene rings is 1. The van der Waals surface area contributed by atoms with Gasteiger partial charge in [0, 0.05) is 32.2 Å². The minimum Gasteiger partial charge on any atom is -0.493 e. The smallest absolute Gasteiger partial charge is 0.150 e. The fourth-order valence-corrected chi connectivity index (χ4v) is 2.00. The van der Waals surface area contributed by atoms with Gasteiger partial charge in [-0.25, -0.2) is 4.39 Å². The third kappa shape index (κ3) is 3.35. The van der Waals surface area contributed by atoms with Crippen LogP contribution in [0.3, 0.4) is 0 Å². The van der Waals surface area contributed by atoms with Crippen LogP contribution in [0.15, 0.2) is 18.2 Å². The molecule has 0 spiro atoms. The van der Waals surface area contributed by atoms with Crippen LogP contribution in [0.5, 0.6) is 5.75 Å². The highest BCUT2D eigenvalue weighted by atomic mass is 19.1. The monoisotopic (exact) mass is 252 g/mol. The number of nitrogens with one attached hydrogen (secondary N) is 1. The van der Waals surface area contributed by atoms with Crippen LogP contribution in [0.25, 0.3) is 0 Å². The lowest BCUT2D eigenvalue weighted by Gasteiger charge is -2.29. The summed E-state index contributed by atoms with van der Waals surface area (Å²) in [6.07, 6.45) is 0. The number of nitrogens with zero attached hydrogens (tertiary/aromatic N) is 1. The summed E-state index contributed by atoms with van der Waals surface area (Å²) in [7, 11) is 0. The second-order valence-corrected chi connectivity index (χ2v) is 5.06. The zero-order valence-electron chi connectivity index (χ0n) is 11.1. The lowest BCUT2D eigenvalue weighted by atomic mass is 10.2. The van der Waals surface area contributed by atoms with Gasteiger partial charge in [0.1, 0.15) is 11.6 Å². The zero-order valence-corrected chi connectivity index (χ0v) is 11.1. The van der Waals surface area contributed by atoms with Crippen LogP contribution < -0.4 is 15.0 Å². The molecule has 1 aliphatic heterocycles. The second kappa shape index (κ2) is 6.05. The lowest BCUT2D eigenvalue weighted by molar-refractivity contribution is 0.270. The number of ether oxygens (including phenoxy) is 1. The Bertz CT molecular complexity index is 389. The molecule has 0 aromatic heterocycles. The molecular weight excluding hydrogens is 231 g/mol. The highest BCUT2D eigenvalue weighted by molar-refractivity contribution is 5.51. The van der Waals surface area contributed by atoms with E-state index in [-0.39, 0.29) is 5.82 Å². The maximum Gasteiger partial charge on any atom is 0.150 e. The minimum absolute atomic E-state index is 0.196. The zero-order chi connectivity index (χ0) is 13.0. The number of piperazine rings is 1. The Kier molecular flexibility index (Phi) is 4.42. The Balaban J connectivity index is 2.04. The highest BCUT2D eigenvalue weighted by Gasteiger charge is 2.14.